The number of aromatic hydroxyl groups is 1. The molecule has 0 aliphatic heterocycles. The predicted octanol–water partition coefficient (Wildman–Crippen LogP) is 3.19. The standard InChI is InChI=1S/C21H25FO3/c1-4-21(24)18(22)10-16-15-7-5-12-9-13(23)6-8-14(12)19(15)17(25-3)11-20(16,21)2/h1,6,8-9,15-19,23-24H,5,7,10-11H2,2-3H3/t15-,16-,17-,18-,19+,20-,21-/m0/s1/i22-1. The van der Waals surface area contributed by atoms with Gasteiger partial charge >= 0.3 is 0 Å². The van der Waals surface area contributed by atoms with Crippen LogP contribution in [0, 0.1) is 29.6 Å². The molecule has 4 heteroatoms. The summed E-state index contributed by atoms with van der Waals surface area (Å²) in [7, 11) is 1.68. The topological polar surface area (TPSA) is 49.7 Å². The molecular formula is C21H25FO3. The Labute approximate surface area is 148 Å². The van der Waals surface area contributed by atoms with Crippen LogP contribution in [0.25, 0.3) is 0 Å². The van der Waals surface area contributed by atoms with Gasteiger partial charge in [-0.3, -0.25) is 0 Å². The highest BCUT2D eigenvalue weighted by molar-refractivity contribution is 5.42. The highest BCUT2D eigenvalue weighted by Crippen LogP contribution is 2.65. The van der Waals surface area contributed by atoms with Crippen LogP contribution < -0.4 is 0 Å². The number of rotatable bonds is 1. The minimum absolute atomic E-state index is 0.0295. The minimum Gasteiger partial charge on any atom is -0.508 e. The van der Waals surface area contributed by atoms with Crippen molar-refractivity contribution in [1.29, 1.82) is 0 Å². The number of aliphatic hydroxyl groups is 1. The fraction of sp³-hybridized carbons (Fsp3) is 0.619. The summed E-state index contributed by atoms with van der Waals surface area (Å²) in [5, 5.41) is 20.8. The molecule has 7 atom stereocenters. The number of hydrogen-bond acceptors (Lipinski definition) is 3. The van der Waals surface area contributed by atoms with Crippen LogP contribution in [0.5, 0.6) is 5.75 Å². The number of phenols is 1. The van der Waals surface area contributed by atoms with Crippen LogP contribution in [0.2, 0.25) is 0 Å². The quantitative estimate of drug-likeness (QED) is 0.770. The number of halogens is 1. The predicted molar refractivity (Wildman–Crippen MR) is 93.0 cm³/mol. The molecule has 3 aliphatic rings. The van der Waals surface area contributed by atoms with Crippen LogP contribution in [-0.4, -0.2) is 35.2 Å². The number of fused-ring (bicyclic) bond motifs is 5. The van der Waals surface area contributed by atoms with E-state index in [9.17, 15) is 14.6 Å². The van der Waals surface area contributed by atoms with Crippen molar-refractivity contribution >= 4 is 0 Å². The molecule has 0 radical (unpaired) electrons. The molecule has 0 bridgehead atoms. The van der Waals surface area contributed by atoms with Gasteiger partial charge in [0, 0.05) is 18.4 Å². The molecule has 0 amide bonds. The summed E-state index contributed by atoms with van der Waals surface area (Å²) in [6.07, 6.45) is 6.66. The van der Waals surface area contributed by atoms with Crippen molar-refractivity contribution in [3.63, 3.8) is 0 Å². The van der Waals surface area contributed by atoms with E-state index in [0.717, 1.165) is 18.4 Å². The highest BCUT2D eigenvalue weighted by atomic mass is 18.2. The molecule has 1 aromatic carbocycles. The maximum absolute atomic E-state index is 14.8. The second-order valence-electron chi connectivity index (χ2n) is 8.23. The molecule has 0 saturated heterocycles. The van der Waals surface area contributed by atoms with E-state index < -0.39 is 17.2 Å². The van der Waals surface area contributed by atoms with Gasteiger partial charge in [-0.1, -0.05) is 18.9 Å². The van der Waals surface area contributed by atoms with Crippen molar-refractivity contribution in [3.8, 4) is 18.1 Å². The zero-order valence-electron chi connectivity index (χ0n) is 14.7. The largest absolute Gasteiger partial charge is 0.508 e. The van der Waals surface area contributed by atoms with E-state index in [0.29, 0.717) is 12.8 Å². The first kappa shape index (κ1) is 16.9. The van der Waals surface area contributed by atoms with Crippen molar-refractivity contribution in [2.45, 2.75) is 56.4 Å². The first-order valence-corrected chi connectivity index (χ1v) is 9.04. The Morgan fingerprint density at radius 2 is 2.16 bits per heavy atom. The second-order valence-corrected chi connectivity index (χ2v) is 8.23. The van der Waals surface area contributed by atoms with Crippen molar-refractivity contribution < 1.29 is 19.3 Å². The molecule has 2 N–H and O–H groups in total. The van der Waals surface area contributed by atoms with E-state index in [1.165, 1.54) is 5.56 Å². The van der Waals surface area contributed by atoms with Gasteiger partial charge < -0.3 is 14.9 Å². The lowest BCUT2D eigenvalue weighted by molar-refractivity contribution is -0.126. The summed E-state index contributed by atoms with van der Waals surface area (Å²) in [6, 6.07) is 5.52. The Bertz CT molecular complexity index is 741. The number of benzene rings is 1. The third kappa shape index (κ3) is 2.06. The molecular weight excluding hydrogens is 318 g/mol. The van der Waals surface area contributed by atoms with Gasteiger partial charge in [0.25, 0.3) is 0 Å². The monoisotopic (exact) mass is 343 g/mol. The number of alkyl halides is 1. The first-order chi connectivity index (χ1) is 11.9. The van der Waals surface area contributed by atoms with E-state index in [2.05, 4.69) is 5.92 Å². The minimum atomic E-state index is -1.73. The Balaban J connectivity index is 1.81. The van der Waals surface area contributed by atoms with Gasteiger partial charge in [-0.25, -0.2) is 4.39 Å². The highest BCUT2D eigenvalue weighted by Gasteiger charge is 2.68. The second kappa shape index (κ2) is 5.46. The number of hydrogen-bond donors (Lipinski definition) is 2. The molecule has 2 saturated carbocycles. The summed E-state index contributed by atoms with van der Waals surface area (Å²) < 4.78 is 20.6. The lowest BCUT2D eigenvalue weighted by Crippen LogP contribution is -2.56. The lowest BCUT2D eigenvalue weighted by atomic mass is 9.52. The summed E-state index contributed by atoms with van der Waals surface area (Å²) in [5.41, 5.74) is -0.0741. The van der Waals surface area contributed by atoms with Crippen LogP contribution in [0.4, 0.5) is 4.39 Å². The summed E-state index contributed by atoms with van der Waals surface area (Å²) >= 11 is 0. The van der Waals surface area contributed by atoms with Gasteiger partial charge in [0.1, 0.15) is 11.9 Å². The van der Waals surface area contributed by atoms with Gasteiger partial charge in [-0.05, 0) is 60.8 Å². The van der Waals surface area contributed by atoms with Gasteiger partial charge in [0.15, 0.2) is 5.60 Å². The molecule has 1 aromatic rings. The van der Waals surface area contributed by atoms with Crippen molar-refractivity contribution in [1.82, 2.24) is 0 Å². The lowest BCUT2D eigenvalue weighted by Gasteiger charge is -2.54. The molecule has 0 aromatic heterocycles. The number of phenolic OH excluding ortho intramolecular Hbond substituents is 1. The summed E-state index contributed by atoms with van der Waals surface area (Å²) in [5.74, 6) is 3.07. The fourth-order valence-corrected chi connectivity index (χ4v) is 6.07. The number of aryl methyl sites for hydroxylation is 1. The molecule has 3 aliphatic carbocycles. The average molecular weight is 343 g/mol. The van der Waals surface area contributed by atoms with Crippen LogP contribution in [-0.2, 0) is 11.2 Å². The van der Waals surface area contributed by atoms with Crippen LogP contribution >= 0.6 is 0 Å². The smallest absolute Gasteiger partial charge is 0.161 e. The van der Waals surface area contributed by atoms with E-state index in [4.69, 9.17) is 11.2 Å². The third-order valence-electron chi connectivity index (χ3n) is 7.36. The molecule has 0 unspecified atom stereocenters. The van der Waals surface area contributed by atoms with Crippen molar-refractivity contribution in [2.24, 2.45) is 17.3 Å². The molecule has 25 heavy (non-hydrogen) atoms. The number of methoxy groups -OCH3 is 1. The van der Waals surface area contributed by atoms with Gasteiger partial charge in [-0.15, -0.1) is 6.42 Å². The first-order valence-electron chi connectivity index (χ1n) is 9.04. The fourth-order valence-electron chi connectivity index (χ4n) is 6.07. The summed E-state index contributed by atoms with van der Waals surface area (Å²) in [6.45, 7) is 1.94. The molecule has 0 spiro atoms. The number of ether oxygens (including phenoxy) is 1. The van der Waals surface area contributed by atoms with Crippen molar-refractivity contribution in [3.05, 3.63) is 29.3 Å². The van der Waals surface area contributed by atoms with E-state index in [1.54, 1.807) is 13.2 Å². The van der Waals surface area contributed by atoms with E-state index >= 15 is 0 Å². The van der Waals surface area contributed by atoms with E-state index in [1.807, 2.05) is 19.1 Å². The maximum atomic E-state index is 14.8. The molecule has 0 heterocycles. The Kier molecular flexibility index (Phi) is 3.69. The molecule has 2 fully saturated rings. The van der Waals surface area contributed by atoms with Gasteiger partial charge in [-0.2, -0.15) is 0 Å². The third-order valence-corrected chi connectivity index (χ3v) is 7.36. The van der Waals surface area contributed by atoms with E-state index in [-0.39, 0.29) is 29.6 Å². The van der Waals surface area contributed by atoms with Crippen LogP contribution in [0.3, 0.4) is 0 Å². The van der Waals surface area contributed by atoms with Crippen LogP contribution in [0.15, 0.2) is 18.2 Å². The Morgan fingerprint density at radius 3 is 2.84 bits per heavy atom. The normalized spacial score (nSPS) is 45.2. The Morgan fingerprint density at radius 1 is 1.40 bits per heavy atom. The van der Waals surface area contributed by atoms with Gasteiger partial charge in [0.2, 0.25) is 0 Å². The molecule has 4 rings (SSSR count). The Hall–Kier alpha value is -1.57. The van der Waals surface area contributed by atoms with Crippen molar-refractivity contribution in [2.75, 3.05) is 7.11 Å². The SMILES string of the molecule is C#C[C@]1(O)[C@@H]([18F])C[C@H]2[C@@H]3CCc4cc(O)ccc4[C@H]3[C@@H](OC)C[C@@]21C. The average Bonchev–Trinajstić information content (AvgIpc) is 2.81. The maximum Gasteiger partial charge on any atom is 0.161 e. The molecule has 134 valence electrons. The molecule has 3 nitrogen and oxygen atoms in total. The zero-order valence-corrected chi connectivity index (χ0v) is 14.7. The summed E-state index contributed by atoms with van der Waals surface area (Å²) in [4.78, 5) is 0. The zero-order chi connectivity index (χ0) is 18.0. The number of terminal acetylenes is 1. The van der Waals surface area contributed by atoms with Crippen LogP contribution in [0.1, 0.15) is 43.2 Å². The van der Waals surface area contributed by atoms with Gasteiger partial charge in [0.05, 0.1) is 6.10 Å².